The second-order valence-electron chi connectivity index (χ2n) is 11.8. The van der Waals surface area contributed by atoms with E-state index in [1.54, 1.807) is 24.4 Å². The lowest BCUT2D eigenvalue weighted by Gasteiger charge is -2.36. The van der Waals surface area contributed by atoms with Crippen molar-refractivity contribution in [2.75, 3.05) is 13.2 Å². The van der Waals surface area contributed by atoms with Crippen LogP contribution in [0.3, 0.4) is 0 Å². The van der Waals surface area contributed by atoms with E-state index in [9.17, 15) is 42.6 Å². The standard InChI is InChI=1S/C29H35N3O17P4/c1-3-14-42-50(34,35)47-52(38,39)49-53(40,41)48-51(36,37)43-18-23-26-27(46-25(45-26)16-20-9-5-4-6-10-20)28(44-23)31-13-12-24-30-22(17-32(24)29(31)33)21-11-7-8-19(2)15-21/h4-13,15,17,23,25-28H,3,14,16,18H2,1-2H3,(H,34,35)(H,36,37)(H,38,39)(H,40,41)/p-4/t23-,25?,26?,27+,28-/m1/s1. The highest BCUT2D eigenvalue weighted by Gasteiger charge is 2.54. The van der Waals surface area contributed by atoms with Crippen molar-refractivity contribution in [3.05, 3.63) is 94.7 Å². The molecule has 2 aromatic carbocycles. The molecule has 2 saturated heterocycles. The molecule has 0 radical (unpaired) electrons. The van der Waals surface area contributed by atoms with Crippen molar-refractivity contribution >= 4 is 36.9 Å². The fraction of sp³-hybridized carbons (Fsp3) is 0.379. The molecule has 2 aliphatic heterocycles. The fourth-order valence-corrected chi connectivity index (χ4v) is 10.4. The number of rotatable bonds is 16. The predicted octanol–water partition coefficient (Wildman–Crippen LogP) is 2.09. The van der Waals surface area contributed by atoms with Crippen molar-refractivity contribution in [2.45, 2.75) is 57.5 Å². The summed E-state index contributed by atoms with van der Waals surface area (Å²) in [6.07, 6.45) is -2.23. The molecule has 53 heavy (non-hydrogen) atoms. The quantitative estimate of drug-likeness (QED) is 0.146. The van der Waals surface area contributed by atoms with Crippen LogP contribution < -0.4 is 25.3 Å². The number of hydrogen-bond donors (Lipinski definition) is 0. The van der Waals surface area contributed by atoms with Gasteiger partial charge in [0.2, 0.25) is 0 Å². The van der Waals surface area contributed by atoms with E-state index in [0.29, 0.717) is 11.3 Å². The number of ether oxygens (including phenoxy) is 3. The van der Waals surface area contributed by atoms with Crippen LogP contribution >= 0.6 is 31.3 Å². The van der Waals surface area contributed by atoms with E-state index < -0.39 is 81.0 Å². The van der Waals surface area contributed by atoms with Gasteiger partial charge in [-0.15, -0.1) is 0 Å². The lowest BCUT2D eigenvalue weighted by Crippen LogP contribution is -2.35. The van der Waals surface area contributed by atoms with Gasteiger partial charge in [-0.1, -0.05) is 61.0 Å². The third kappa shape index (κ3) is 9.95. The number of benzene rings is 2. The highest BCUT2D eigenvalue weighted by Crippen LogP contribution is 2.66. The van der Waals surface area contributed by atoms with Crippen molar-refractivity contribution in [1.82, 2.24) is 14.0 Å². The first kappa shape index (κ1) is 40.0. The van der Waals surface area contributed by atoms with Gasteiger partial charge >= 0.3 is 5.69 Å². The summed E-state index contributed by atoms with van der Waals surface area (Å²) in [5, 5.41) is 0. The molecule has 288 valence electrons. The maximum absolute atomic E-state index is 13.8. The predicted molar refractivity (Wildman–Crippen MR) is 173 cm³/mol. The van der Waals surface area contributed by atoms with Gasteiger partial charge in [-0.25, -0.2) is 22.7 Å². The monoisotopic (exact) mass is 817 g/mol. The van der Waals surface area contributed by atoms with Crippen LogP contribution in [0.5, 0.6) is 0 Å². The van der Waals surface area contributed by atoms with Crippen LogP contribution in [0.2, 0.25) is 0 Å². The van der Waals surface area contributed by atoms with Crippen molar-refractivity contribution in [1.29, 1.82) is 0 Å². The molecule has 20 nitrogen and oxygen atoms in total. The molecule has 6 rings (SSSR count). The first-order chi connectivity index (χ1) is 24.9. The zero-order chi connectivity index (χ0) is 38.2. The Bertz CT molecular complexity index is 2200. The maximum atomic E-state index is 13.8. The van der Waals surface area contributed by atoms with Gasteiger partial charge in [0.05, 0.1) is 18.9 Å². The summed E-state index contributed by atoms with van der Waals surface area (Å²) < 4.78 is 88.9. The minimum Gasteiger partial charge on any atom is -0.756 e. The summed E-state index contributed by atoms with van der Waals surface area (Å²) in [5.41, 5.74) is 2.86. The maximum Gasteiger partial charge on any atom is 0.336 e. The molecule has 2 fully saturated rings. The van der Waals surface area contributed by atoms with Crippen LogP contribution in [-0.4, -0.2) is 51.8 Å². The molecule has 2 aromatic heterocycles. The largest absolute Gasteiger partial charge is 0.756 e. The van der Waals surface area contributed by atoms with Gasteiger partial charge in [-0.3, -0.25) is 27.2 Å². The molecule has 2 aliphatic rings. The molecule has 0 N–H and O–H groups in total. The summed E-state index contributed by atoms with van der Waals surface area (Å²) >= 11 is 0. The first-order valence-corrected chi connectivity index (χ1v) is 21.6. The zero-order valence-corrected chi connectivity index (χ0v) is 31.3. The Morgan fingerprint density at radius 2 is 1.47 bits per heavy atom. The Morgan fingerprint density at radius 1 is 0.811 bits per heavy atom. The summed E-state index contributed by atoms with van der Waals surface area (Å²) in [5.74, 6) is 0. The Kier molecular flexibility index (Phi) is 11.9. The average molecular weight is 817 g/mol. The van der Waals surface area contributed by atoms with Crippen molar-refractivity contribution in [3.8, 4) is 11.3 Å². The van der Waals surface area contributed by atoms with Gasteiger partial charge in [-0.2, -0.15) is 0 Å². The van der Waals surface area contributed by atoms with Crippen molar-refractivity contribution in [2.24, 2.45) is 0 Å². The second kappa shape index (κ2) is 15.8. The number of phosphoric acid groups is 4. The van der Waals surface area contributed by atoms with E-state index in [4.69, 9.17) is 18.7 Å². The third-order valence-electron chi connectivity index (χ3n) is 7.73. The normalized spacial score (nSPS) is 26.0. The third-order valence-corrected chi connectivity index (χ3v) is 13.5. The SMILES string of the molecule is CCCOP(=O)([O-])OP(=O)([O-])OP(=O)([O-])OP(=O)([O-])OC[C@H]1O[C@@H](n2ccc3nc(-c4cccc(C)c4)cn3c2=O)[C@H]2OC(Cc3ccccc3)OC12. The van der Waals surface area contributed by atoms with E-state index in [0.717, 1.165) is 16.7 Å². The average Bonchev–Trinajstić information content (AvgIpc) is 3.76. The summed E-state index contributed by atoms with van der Waals surface area (Å²) in [6.45, 7) is 1.91. The molecule has 0 amide bonds. The highest BCUT2D eigenvalue weighted by molar-refractivity contribution is 7.68. The van der Waals surface area contributed by atoms with Gasteiger partial charge < -0.3 is 42.8 Å². The van der Waals surface area contributed by atoms with E-state index in [1.165, 1.54) is 22.1 Å². The minimum absolute atomic E-state index is 0.114. The van der Waals surface area contributed by atoms with Crippen molar-refractivity contribution < 1.29 is 74.0 Å². The minimum atomic E-state index is -6.41. The van der Waals surface area contributed by atoms with Crippen LogP contribution in [0, 0.1) is 6.92 Å². The van der Waals surface area contributed by atoms with Crippen molar-refractivity contribution in [3.63, 3.8) is 0 Å². The number of fused-ring (bicyclic) bond motifs is 2. The van der Waals surface area contributed by atoms with Gasteiger partial charge in [0.15, 0.2) is 12.5 Å². The number of phosphoric ester groups is 2. The Hall–Kier alpha value is -2.70. The lowest BCUT2D eigenvalue weighted by atomic mass is 10.1. The molecule has 0 spiro atoms. The Morgan fingerprint density at radius 3 is 2.15 bits per heavy atom. The Labute approximate surface area is 301 Å². The number of nitrogens with zero attached hydrogens (tertiary/aromatic N) is 3. The summed E-state index contributed by atoms with van der Waals surface area (Å²) in [7, 11) is -24.3. The van der Waals surface area contributed by atoms with Crippen LogP contribution in [0.15, 0.2) is 77.9 Å². The van der Waals surface area contributed by atoms with Crippen LogP contribution in [0.1, 0.15) is 30.7 Å². The van der Waals surface area contributed by atoms with Gasteiger partial charge in [0.1, 0.15) is 24.0 Å². The molecule has 9 atom stereocenters. The molecule has 6 unspecified atom stereocenters. The molecule has 0 saturated carbocycles. The molecule has 0 bridgehead atoms. The number of aromatic nitrogens is 3. The van der Waals surface area contributed by atoms with E-state index in [2.05, 4.69) is 22.4 Å². The van der Waals surface area contributed by atoms with E-state index in [-0.39, 0.29) is 12.8 Å². The summed E-state index contributed by atoms with van der Waals surface area (Å²) in [4.78, 5) is 66.6. The van der Waals surface area contributed by atoms with Gasteiger partial charge in [0, 0.05) is 24.4 Å². The number of aryl methyl sites for hydroxylation is 1. The second-order valence-corrected chi connectivity index (χ2v) is 17.8. The van der Waals surface area contributed by atoms with Gasteiger partial charge in [0.25, 0.3) is 31.3 Å². The van der Waals surface area contributed by atoms with Gasteiger partial charge in [-0.05, 0) is 31.0 Å². The van der Waals surface area contributed by atoms with Crippen LogP contribution in [-0.2, 0) is 60.9 Å². The fourth-order valence-electron chi connectivity index (χ4n) is 5.61. The summed E-state index contributed by atoms with van der Waals surface area (Å²) in [6, 6.07) is 18.2. The molecule has 0 aliphatic carbocycles. The topological polar surface area (TPSA) is 274 Å². The number of hydrogen-bond acceptors (Lipinski definition) is 18. The molecular weight excluding hydrogens is 786 g/mol. The van der Waals surface area contributed by atoms with Crippen LogP contribution in [0.25, 0.3) is 16.9 Å². The molecule has 4 heterocycles. The highest BCUT2D eigenvalue weighted by atomic mass is 31.3. The first-order valence-electron chi connectivity index (χ1n) is 15.8. The molecule has 4 aromatic rings. The van der Waals surface area contributed by atoms with E-state index in [1.807, 2.05) is 49.4 Å². The van der Waals surface area contributed by atoms with E-state index >= 15 is 0 Å². The van der Waals surface area contributed by atoms with Crippen LogP contribution in [0.4, 0.5) is 0 Å². The lowest BCUT2D eigenvalue weighted by molar-refractivity contribution is -0.254. The number of imidazole rings is 1. The smallest absolute Gasteiger partial charge is 0.336 e. The molecular formula is C29H31N3O17P4-4. The zero-order valence-electron chi connectivity index (χ0n) is 27.7. The molecule has 24 heteroatoms. The Balaban J connectivity index is 1.20.